The van der Waals surface area contributed by atoms with Crippen LogP contribution >= 0.6 is 11.6 Å². The van der Waals surface area contributed by atoms with E-state index in [1.54, 1.807) is 12.1 Å². The SMILES string of the molecule is O=C(NC1CC(Nc2c(F)cccc2Cl)C1)OCc1ccccc1. The average molecular weight is 349 g/mol. The van der Waals surface area contributed by atoms with Crippen LogP contribution in [0.15, 0.2) is 48.5 Å². The van der Waals surface area contributed by atoms with E-state index in [0.29, 0.717) is 23.6 Å². The Morgan fingerprint density at radius 3 is 2.58 bits per heavy atom. The lowest BCUT2D eigenvalue weighted by Gasteiger charge is -2.36. The molecule has 1 amide bonds. The van der Waals surface area contributed by atoms with Crippen molar-refractivity contribution in [1.29, 1.82) is 0 Å². The summed E-state index contributed by atoms with van der Waals surface area (Å²) in [6.07, 6.45) is 0.960. The van der Waals surface area contributed by atoms with E-state index in [-0.39, 0.29) is 24.5 Å². The first-order valence-corrected chi connectivity index (χ1v) is 8.17. The van der Waals surface area contributed by atoms with Gasteiger partial charge in [0.05, 0.1) is 10.7 Å². The number of hydrogen-bond acceptors (Lipinski definition) is 3. The normalized spacial score (nSPS) is 19.2. The van der Waals surface area contributed by atoms with Crippen LogP contribution in [0.25, 0.3) is 0 Å². The maximum atomic E-state index is 13.7. The van der Waals surface area contributed by atoms with Crippen molar-refractivity contribution in [1.82, 2.24) is 5.32 Å². The molecule has 2 aromatic rings. The summed E-state index contributed by atoms with van der Waals surface area (Å²) in [6.45, 7) is 0.242. The average Bonchev–Trinajstić information content (AvgIpc) is 2.54. The Labute approximate surface area is 145 Å². The molecule has 0 heterocycles. The fraction of sp³-hybridized carbons (Fsp3) is 0.278. The van der Waals surface area contributed by atoms with Gasteiger partial charge in [0.15, 0.2) is 0 Å². The Bertz CT molecular complexity index is 685. The van der Waals surface area contributed by atoms with Gasteiger partial charge in [0.25, 0.3) is 0 Å². The summed E-state index contributed by atoms with van der Waals surface area (Å²) in [4.78, 5) is 11.8. The lowest BCUT2D eigenvalue weighted by Crippen LogP contribution is -2.49. The smallest absolute Gasteiger partial charge is 0.407 e. The molecule has 1 aliphatic rings. The minimum absolute atomic E-state index is 0.0244. The van der Waals surface area contributed by atoms with E-state index in [4.69, 9.17) is 16.3 Å². The molecule has 6 heteroatoms. The fourth-order valence-corrected chi connectivity index (χ4v) is 2.84. The van der Waals surface area contributed by atoms with Gasteiger partial charge in [0.2, 0.25) is 0 Å². The van der Waals surface area contributed by atoms with E-state index in [1.165, 1.54) is 6.07 Å². The highest BCUT2D eigenvalue weighted by Gasteiger charge is 2.31. The highest BCUT2D eigenvalue weighted by Crippen LogP contribution is 2.30. The Balaban J connectivity index is 1.40. The van der Waals surface area contributed by atoms with Crippen LogP contribution in [0.3, 0.4) is 0 Å². The number of benzene rings is 2. The summed E-state index contributed by atoms with van der Waals surface area (Å²) in [6, 6.07) is 14.2. The van der Waals surface area contributed by atoms with Crippen molar-refractivity contribution in [3.05, 3.63) is 64.9 Å². The van der Waals surface area contributed by atoms with Crippen molar-refractivity contribution < 1.29 is 13.9 Å². The molecule has 0 aromatic heterocycles. The van der Waals surface area contributed by atoms with Gasteiger partial charge in [-0.3, -0.25) is 0 Å². The second kappa shape index (κ2) is 7.53. The minimum Gasteiger partial charge on any atom is -0.445 e. The lowest BCUT2D eigenvalue weighted by atomic mass is 9.86. The summed E-state index contributed by atoms with van der Waals surface area (Å²) in [7, 11) is 0. The van der Waals surface area contributed by atoms with Gasteiger partial charge in [0, 0.05) is 12.1 Å². The van der Waals surface area contributed by atoms with Crippen LogP contribution in [0.2, 0.25) is 5.02 Å². The number of halogens is 2. The van der Waals surface area contributed by atoms with Crippen molar-refractivity contribution in [3.8, 4) is 0 Å². The van der Waals surface area contributed by atoms with Crippen LogP contribution in [0, 0.1) is 5.82 Å². The molecule has 0 radical (unpaired) electrons. The lowest BCUT2D eigenvalue weighted by molar-refractivity contribution is 0.129. The standard InChI is InChI=1S/C18H18ClFN2O2/c19-15-7-4-8-16(20)17(15)21-13-9-14(10-13)22-18(23)24-11-12-5-2-1-3-6-12/h1-8,13-14,21H,9-11H2,(H,22,23). The van der Waals surface area contributed by atoms with Gasteiger partial charge >= 0.3 is 6.09 Å². The van der Waals surface area contributed by atoms with E-state index >= 15 is 0 Å². The highest BCUT2D eigenvalue weighted by atomic mass is 35.5. The molecule has 2 aromatic carbocycles. The van der Waals surface area contributed by atoms with E-state index in [1.807, 2.05) is 30.3 Å². The van der Waals surface area contributed by atoms with Crippen LogP contribution in [0.4, 0.5) is 14.9 Å². The number of anilines is 1. The van der Waals surface area contributed by atoms with Crippen LogP contribution < -0.4 is 10.6 Å². The molecule has 0 spiro atoms. The molecule has 0 atom stereocenters. The van der Waals surface area contributed by atoms with Crippen LogP contribution in [-0.2, 0) is 11.3 Å². The van der Waals surface area contributed by atoms with E-state index < -0.39 is 6.09 Å². The first-order valence-electron chi connectivity index (χ1n) is 7.79. The number of amides is 1. The van der Waals surface area contributed by atoms with E-state index in [0.717, 1.165) is 5.56 Å². The van der Waals surface area contributed by atoms with Gasteiger partial charge in [-0.1, -0.05) is 48.0 Å². The van der Waals surface area contributed by atoms with Crippen LogP contribution in [0.5, 0.6) is 0 Å². The van der Waals surface area contributed by atoms with Crippen molar-refractivity contribution in [3.63, 3.8) is 0 Å². The molecule has 2 N–H and O–H groups in total. The second-order valence-corrected chi connectivity index (χ2v) is 6.22. The molecule has 0 unspecified atom stereocenters. The molecule has 0 aliphatic heterocycles. The molecule has 24 heavy (non-hydrogen) atoms. The fourth-order valence-electron chi connectivity index (χ4n) is 2.62. The number of rotatable bonds is 5. The van der Waals surface area contributed by atoms with Gasteiger partial charge in [-0.2, -0.15) is 0 Å². The monoisotopic (exact) mass is 348 g/mol. The maximum absolute atomic E-state index is 13.7. The van der Waals surface area contributed by atoms with Crippen LogP contribution in [0.1, 0.15) is 18.4 Å². The molecular weight excluding hydrogens is 331 g/mol. The Morgan fingerprint density at radius 2 is 1.88 bits per heavy atom. The molecule has 126 valence electrons. The zero-order valence-corrected chi connectivity index (χ0v) is 13.7. The second-order valence-electron chi connectivity index (χ2n) is 5.81. The van der Waals surface area contributed by atoms with Crippen LogP contribution in [-0.4, -0.2) is 18.2 Å². The van der Waals surface area contributed by atoms with Gasteiger partial charge in [-0.15, -0.1) is 0 Å². The number of carbonyl (C=O) groups excluding carboxylic acids is 1. The number of nitrogens with one attached hydrogen (secondary N) is 2. The number of ether oxygens (including phenoxy) is 1. The minimum atomic E-state index is -0.439. The molecule has 0 saturated heterocycles. The first-order chi connectivity index (χ1) is 11.6. The zero-order chi connectivity index (χ0) is 16.9. The van der Waals surface area contributed by atoms with E-state index in [9.17, 15) is 9.18 Å². The van der Waals surface area contributed by atoms with Gasteiger partial charge in [0.1, 0.15) is 12.4 Å². The summed E-state index contributed by atoms with van der Waals surface area (Å²) in [5.74, 6) is -0.374. The maximum Gasteiger partial charge on any atom is 0.407 e. The Morgan fingerprint density at radius 1 is 1.12 bits per heavy atom. The Kier molecular flexibility index (Phi) is 5.20. The predicted octanol–water partition coefficient (Wildman–Crippen LogP) is 4.35. The third-order valence-electron chi connectivity index (χ3n) is 3.98. The largest absolute Gasteiger partial charge is 0.445 e. The van der Waals surface area contributed by atoms with Gasteiger partial charge < -0.3 is 15.4 Å². The van der Waals surface area contributed by atoms with Crippen molar-refractivity contribution in [2.45, 2.75) is 31.5 Å². The summed E-state index contributed by atoms with van der Waals surface area (Å²) in [5.41, 5.74) is 1.25. The molecule has 1 fully saturated rings. The molecule has 0 bridgehead atoms. The summed E-state index contributed by atoms with van der Waals surface area (Å²) < 4.78 is 18.9. The summed E-state index contributed by atoms with van der Waals surface area (Å²) >= 11 is 5.98. The first kappa shape index (κ1) is 16.6. The topological polar surface area (TPSA) is 50.4 Å². The molecule has 4 nitrogen and oxygen atoms in total. The molecule has 1 aliphatic carbocycles. The number of alkyl carbamates (subject to hydrolysis) is 1. The van der Waals surface area contributed by atoms with Crippen molar-refractivity contribution in [2.24, 2.45) is 0 Å². The number of para-hydroxylation sites is 1. The summed E-state index contributed by atoms with van der Waals surface area (Å²) in [5, 5.41) is 6.24. The number of hydrogen-bond donors (Lipinski definition) is 2. The number of carbonyl (C=O) groups is 1. The molecular formula is C18H18ClFN2O2. The van der Waals surface area contributed by atoms with Crippen molar-refractivity contribution in [2.75, 3.05) is 5.32 Å². The quantitative estimate of drug-likeness (QED) is 0.844. The molecule has 1 saturated carbocycles. The third-order valence-corrected chi connectivity index (χ3v) is 4.30. The highest BCUT2D eigenvalue weighted by molar-refractivity contribution is 6.33. The van der Waals surface area contributed by atoms with Gasteiger partial charge in [-0.25, -0.2) is 9.18 Å². The Hall–Kier alpha value is -2.27. The predicted molar refractivity (Wildman–Crippen MR) is 91.6 cm³/mol. The third kappa shape index (κ3) is 4.17. The van der Waals surface area contributed by atoms with Gasteiger partial charge in [-0.05, 0) is 30.5 Å². The van der Waals surface area contributed by atoms with E-state index in [2.05, 4.69) is 10.6 Å². The zero-order valence-electron chi connectivity index (χ0n) is 13.0. The molecule has 3 rings (SSSR count). The van der Waals surface area contributed by atoms with Crippen molar-refractivity contribution >= 4 is 23.4 Å².